The van der Waals surface area contributed by atoms with Crippen molar-refractivity contribution in [3.63, 3.8) is 0 Å². The van der Waals surface area contributed by atoms with Crippen LogP contribution in [0.2, 0.25) is 0 Å². The number of anilines is 3. The minimum absolute atomic E-state index is 0.00715. The molecule has 0 saturated heterocycles. The van der Waals surface area contributed by atoms with Crippen molar-refractivity contribution in [1.82, 2.24) is 9.13 Å². The van der Waals surface area contributed by atoms with Crippen LogP contribution in [0.15, 0.2) is 170 Å². The topological polar surface area (TPSA) is 22.3 Å². The molecule has 2 aliphatic heterocycles. The fraction of sp³-hybridized carbons (Fsp3) is 0.229. The van der Waals surface area contributed by atoms with Gasteiger partial charge in [0, 0.05) is 60.1 Å². The molecule has 3 aromatic heterocycles. The second-order valence-electron chi connectivity index (χ2n) is 25.9. The highest BCUT2D eigenvalue weighted by molar-refractivity contribution is 7.26. The van der Waals surface area contributed by atoms with Gasteiger partial charge in [0.05, 0.1) is 32.5 Å². The fourth-order valence-electron chi connectivity index (χ4n) is 12.6. The molecule has 0 saturated carbocycles. The number of thiophene rings is 1. The average molecular weight is 1010 g/mol. The summed E-state index contributed by atoms with van der Waals surface area (Å²) >= 11 is 1.88. The van der Waals surface area contributed by atoms with E-state index in [2.05, 4.69) is 267 Å². The molecule has 0 fully saturated rings. The van der Waals surface area contributed by atoms with Crippen molar-refractivity contribution in [3.05, 3.63) is 192 Å². The Morgan fingerprint density at radius 1 is 0.395 bits per heavy atom. The number of rotatable bonds is 3. The first-order chi connectivity index (χ1) is 36.2. The van der Waals surface area contributed by atoms with E-state index in [0.29, 0.717) is 0 Å². The lowest BCUT2D eigenvalue weighted by atomic mass is 9.34. The molecular formula is C70H64BN3OS. The Hall–Kier alpha value is -7.54. The summed E-state index contributed by atoms with van der Waals surface area (Å²) in [6.07, 6.45) is 0. The molecule has 9 aromatic carbocycles. The van der Waals surface area contributed by atoms with Gasteiger partial charge in [-0.15, -0.1) is 11.3 Å². The summed E-state index contributed by atoms with van der Waals surface area (Å²) in [5.74, 6) is 1.79. The molecule has 0 amide bonds. The molecule has 0 N–H and O–H groups in total. The maximum absolute atomic E-state index is 8.01. The third kappa shape index (κ3) is 6.95. The quantitative estimate of drug-likeness (QED) is 0.165. The summed E-state index contributed by atoms with van der Waals surface area (Å²) in [6, 6.07) is 65.0. The second kappa shape index (κ2) is 16.0. The van der Waals surface area contributed by atoms with E-state index in [9.17, 15) is 0 Å². The van der Waals surface area contributed by atoms with E-state index < -0.39 is 0 Å². The molecule has 76 heavy (non-hydrogen) atoms. The van der Waals surface area contributed by atoms with Crippen LogP contribution >= 0.6 is 11.3 Å². The molecule has 374 valence electrons. The lowest BCUT2D eigenvalue weighted by Crippen LogP contribution is -2.60. The van der Waals surface area contributed by atoms with E-state index in [1.54, 1.807) is 0 Å². The smallest absolute Gasteiger partial charge is 0.256 e. The van der Waals surface area contributed by atoms with Gasteiger partial charge in [-0.05, 0) is 127 Å². The molecule has 6 heteroatoms. The Morgan fingerprint density at radius 3 is 1.50 bits per heavy atom. The summed E-state index contributed by atoms with van der Waals surface area (Å²) in [7, 11) is 0. The van der Waals surface area contributed by atoms with Crippen molar-refractivity contribution < 1.29 is 4.74 Å². The summed E-state index contributed by atoms with van der Waals surface area (Å²) in [6.45, 7) is 27.7. The highest BCUT2D eigenvalue weighted by Gasteiger charge is 2.45. The second-order valence-corrected chi connectivity index (χ2v) is 26.9. The molecule has 14 rings (SSSR count). The Balaban J connectivity index is 1.14. The van der Waals surface area contributed by atoms with Crippen molar-refractivity contribution in [2.45, 2.75) is 105 Å². The molecular weight excluding hydrogens is 942 g/mol. The molecule has 0 bridgehead atoms. The number of aromatic nitrogens is 2. The first kappa shape index (κ1) is 47.0. The Morgan fingerprint density at radius 2 is 0.908 bits per heavy atom. The zero-order valence-electron chi connectivity index (χ0n) is 45.9. The van der Waals surface area contributed by atoms with Gasteiger partial charge in [-0.25, -0.2) is 0 Å². The van der Waals surface area contributed by atoms with Gasteiger partial charge >= 0.3 is 0 Å². The number of hydrogen-bond acceptors (Lipinski definition) is 3. The van der Waals surface area contributed by atoms with Crippen LogP contribution in [0.1, 0.15) is 105 Å². The van der Waals surface area contributed by atoms with Gasteiger partial charge in [0.1, 0.15) is 17.2 Å². The zero-order valence-corrected chi connectivity index (χ0v) is 46.7. The van der Waals surface area contributed by atoms with Crippen LogP contribution in [0.25, 0.3) is 75.2 Å². The van der Waals surface area contributed by atoms with E-state index >= 15 is 0 Å². The Labute approximate surface area is 451 Å². The summed E-state index contributed by atoms with van der Waals surface area (Å²) in [4.78, 5) is 2.53. The largest absolute Gasteiger partial charge is 0.456 e. The van der Waals surface area contributed by atoms with Gasteiger partial charge < -0.3 is 18.8 Å². The Bertz CT molecular complexity index is 4300. The lowest BCUT2D eigenvalue weighted by Gasteiger charge is -2.41. The normalized spacial score (nSPS) is 13.8. The molecule has 4 nitrogen and oxygen atoms in total. The maximum Gasteiger partial charge on any atom is 0.256 e. The van der Waals surface area contributed by atoms with E-state index in [-0.39, 0.29) is 28.4 Å². The van der Waals surface area contributed by atoms with Crippen molar-refractivity contribution >= 4 is 115 Å². The van der Waals surface area contributed by atoms with Gasteiger partial charge in [0.2, 0.25) is 0 Å². The first-order valence-corrected chi connectivity index (χ1v) is 28.0. The minimum atomic E-state index is -0.154. The average Bonchev–Trinajstić information content (AvgIpc) is 4.16. The highest BCUT2D eigenvalue weighted by Crippen LogP contribution is 2.50. The number of benzene rings is 9. The third-order valence-corrected chi connectivity index (χ3v) is 18.0. The van der Waals surface area contributed by atoms with Gasteiger partial charge in [-0.2, -0.15) is 0 Å². The van der Waals surface area contributed by atoms with Gasteiger partial charge in [0.15, 0.2) is 0 Å². The number of fused-ring (bicyclic) bond motifs is 13. The fourth-order valence-corrected chi connectivity index (χ4v) is 13.8. The van der Waals surface area contributed by atoms with Gasteiger partial charge in [0.25, 0.3) is 6.71 Å². The molecule has 0 aliphatic carbocycles. The SMILES string of the molecule is CC(C)(C)c1ccc(N2c3ccc(C(C)(C)C)cc3B3c4cc5c(sc6ccccc65)c(-n5c6ccc(C(C)(C)C)cc6c6cc(C(C)(C)C)ccc65)c4Oc4cc(-n5c6ccccc6c6ccccc65)cc2c43)cc1. The van der Waals surface area contributed by atoms with E-state index in [0.717, 1.165) is 45.3 Å². The van der Waals surface area contributed by atoms with Gasteiger partial charge in [-0.1, -0.05) is 180 Å². The van der Waals surface area contributed by atoms with Crippen molar-refractivity contribution in [2.75, 3.05) is 4.90 Å². The predicted molar refractivity (Wildman–Crippen MR) is 329 cm³/mol. The molecule has 0 radical (unpaired) electrons. The number of ether oxygens (including phenoxy) is 1. The van der Waals surface area contributed by atoms with Crippen molar-refractivity contribution in [1.29, 1.82) is 0 Å². The first-order valence-electron chi connectivity index (χ1n) is 27.2. The third-order valence-electron chi connectivity index (χ3n) is 16.8. The number of nitrogens with zero attached hydrogens (tertiary/aromatic N) is 3. The van der Waals surface area contributed by atoms with Crippen molar-refractivity contribution in [3.8, 4) is 22.9 Å². The van der Waals surface area contributed by atoms with Crippen LogP contribution in [0.3, 0.4) is 0 Å². The standard InChI is InChI=1S/C70H64BN3OS/c1-67(2,3)41-25-30-45(31-26-41)72-59-34-29-44(70(10,11)12)37-53(59)71-54-40-52-49-21-15-18-24-62(49)76-66(52)64(74-57-32-27-42(68(4,5)6)35-50(57)51-36-43(69(7,8)9)28-33-58(51)74)65(54)75-61-39-46(38-60(72)63(61)71)73-55-22-16-13-19-47(55)48-20-14-17-23-56(48)73/h13-40H,1-12H3. The maximum atomic E-state index is 8.01. The van der Waals surface area contributed by atoms with Crippen LogP contribution in [0, 0.1) is 0 Å². The number of para-hydroxylation sites is 2. The lowest BCUT2D eigenvalue weighted by molar-refractivity contribution is 0.486. The minimum Gasteiger partial charge on any atom is -0.456 e. The van der Waals surface area contributed by atoms with Gasteiger partial charge in [-0.3, -0.25) is 0 Å². The van der Waals surface area contributed by atoms with Crippen LogP contribution < -0.4 is 26.0 Å². The molecule has 0 unspecified atom stereocenters. The van der Waals surface area contributed by atoms with E-state index in [4.69, 9.17) is 4.74 Å². The molecule has 0 atom stereocenters. The van der Waals surface area contributed by atoms with Crippen LogP contribution in [-0.4, -0.2) is 15.8 Å². The van der Waals surface area contributed by atoms with Crippen LogP contribution in [-0.2, 0) is 21.7 Å². The zero-order chi connectivity index (χ0) is 52.5. The van der Waals surface area contributed by atoms with Crippen LogP contribution in [0.5, 0.6) is 11.5 Å². The van der Waals surface area contributed by atoms with E-state index in [1.165, 1.54) is 97.1 Å². The summed E-state index contributed by atoms with van der Waals surface area (Å²) < 4.78 is 15.5. The predicted octanol–water partition coefficient (Wildman–Crippen LogP) is 17.8. The monoisotopic (exact) mass is 1010 g/mol. The summed E-state index contributed by atoms with van der Waals surface area (Å²) in [5.41, 5.74) is 19.1. The van der Waals surface area contributed by atoms with E-state index in [1.807, 2.05) is 11.3 Å². The molecule has 12 aromatic rings. The molecule has 2 aliphatic rings. The Kier molecular flexibility index (Phi) is 9.89. The number of hydrogen-bond donors (Lipinski definition) is 0. The van der Waals surface area contributed by atoms with Crippen molar-refractivity contribution in [2.24, 2.45) is 0 Å². The highest BCUT2D eigenvalue weighted by atomic mass is 32.1. The summed E-state index contributed by atoms with van der Waals surface area (Å²) in [5, 5.41) is 7.51. The van der Waals surface area contributed by atoms with Crippen LogP contribution in [0.4, 0.5) is 17.1 Å². The molecule has 5 heterocycles. The molecule has 0 spiro atoms.